The summed E-state index contributed by atoms with van der Waals surface area (Å²) < 4.78 is 1.66. The Bertz CT molecular complexity index is 693. The molecule has 1 atom stereocenters. The first-order valence-electron chi connectivity index (χ1n) is 7.15. The van der Waals surface area contributed by atoms with Crippen molar-refractivity contribution in [3.8, 4) is 0 Å². The van der Waals surface area contributed by atoms with Crippen molar-refractivity contribution in [3.05, 3.63) is 51.2 Å². The maximum absolute atomic E-state index is 11.2. The molecule has 0 fully saturated rings. The first-order chi connectivity index (χ1) is 10.1. The number of anilines is 1. The van der Waals surface area contributed by atoms with E-state index in [4.69, 9.17) is 0 Å². The molecule has 1 N–H and O–H groups in total. The topological polar surface area (TPSA) is 73.0 Å². The lowest BCUT2D eigenvalue weighted by Gasteiger charge is -2.30. The predicted octanol–water partition coefficient (Wildman–Crippen LogP) is 2.87. The second-order valence-corrected chi connectivity index (χ2v) is 5.34. The summed E-state index contributed by atoms with van der Waals surface area (Å²) in [6.07, 6.45) is 1.02. The molecule has 0 saturated heterocycles. The molecular formula is C15H18N4O2. The van der Waals surface area contributed by atoms with Gasteiger partial charge in [-0.25, -0.2) is 4.68 Å². The molecule has 0 spiro atoms. The average Bonchev–Trinajstić information content (AvgIpc) is 2.76. The van der Waals surface area contributed by atoms with Crippen LogP contribution in [-0.4, -0.2) is 21.2 Å². The quantitative estimate of drug-likeness (QED) is 0.677. The van der Waals surface area contributed by atoms with Gasteiger partial charge in [-0.1, -0.05) is 24.3 Å². The SMILES string of the molecule is CCn1nc(C)c([N+](=O)[O-])c1NCC1Cc2ccccc21. The third-order valence-electron chi connectivity index (χ3n) is 4.06. The minimum Gasteiger partial charge on any atom is -0.364 e. The Labute approximate surface area is 122 Å². The smallest absolute Gasteiger partial charge is 0.333 e. The lowest BCUT2D eigenvalue weighted by atomic mass is 9.77. The molecule has 0 aliphatic heterocycles. The van der Waals surface area contributed by atoms with Crippen LogP contribution >= 0.6 is 0 Å². The lowest BCUT2D eigenvalue weighted by Crippen LogP contribution is -2.25. The van der Waals surface area contributed by atoms with Gasteiger partial charge in [0, 0.05) is 19.0 Å². The van der Waals surface area contributed by atoms with E-state index in [9.17, 15) is 10.1 Å². The number of fused-ring (bicyclic) bond motifs is 1. The fourth-order valence-electron chi connectivity index (χ4n) is 2.96. The van der Waals surface area contributed by atoms with Crippen LogP contribution in [0.1, 0.15) is 29.7 Å². The molecule has 6 nitrogen and oxygen atoms in total. The summed E-state index contributed by atoms with van der Waals surface area (Å²) in [5, 5.41) is 18.7. The summed E-state index contributed by atoms with van der Waals surface area (Å²) >= 11 is 0. The lowest BCUT2D eigenvalue weighted by molar-refractivity contribution is -0.384. The molecule has 1 aliphatic rings. The molecule has 1 unspecified atom stereocenters. The molecule has 1 aromatic carbocycles. The zero-order chi connectivity index (χ0) is 15.0. The molecule has 110 valence electrons. The summed E-state index contributed by atoms with van der Waals surface area (Å²) in [5.74, 6) is 0.936. The number of benzene rings is 1. The summed E-state index contributed by atoms with van der Waals surface area (Å²) in [5.41, 5.74) is 3.26. The van der Waals surface area contributed by atoms with Crippen LogP contribution in [0.4, 0.5) is 11.5 Å². The number of nitro groups is 1. The Morgan fingerprint density at radius 1 is 1.48 bits per heavy atom. The van der Waals surface area contributed by atoms with Gasteiger partial charge < -0.3 is 5.32 Å². The van der Waals surface area contributed by atoms with E-state index in [2.05, 4.69) is 22.5 Å². The number of aromatic nitrogens is 2. The molecule has 0 amide bonds. The van der Waals surface area contributed by atoms with Gasteiger partial charge in [0.15, 0.2) is 0 Å². The zero-order valence-corrected chi connectivity index (χ0v) is 12.2. The molecule has 2 aromatic rings. The number of nitrogens with one attached hydrogen (secondary N) is 1. The van der Waals surface area contributed by atoms with Crippen LogP contribution in [0.2, 0.25) is 0 Å². The van der Waals surface area contributed by atoms with E-state index in [1.165, 1.54) is 11.1 Å². The average molecular weight is 286 g/mol. The van der Waals surface area contributed by atoms with Gasteiger partial charge in [0.1, 0.15) is 5.69 Å². The van der Waals surface area contributed by atoms with Gasteiger partial charge in [-0.2, -0.15) is 5.10 Å². The van der Waals surface area contributed by atoms with Crippen molar-refractivity contribution < 1.29 is 4.92 Å². The van der Waals surface area contributed by atoms with Gasteiger partial charge in [-0.15, -0.1) is 0 Å². The van der Waals surface area contributed by atoms with Crippen molar-refractivity contribution in [1.82, 2.24) is 9.78 Å². The Kier molecular flexibility index (Phi) is 3.37. The Morgan fingerprint density at radius 3 is 2.90 bits per heavy atom. The van der Waals surface area contributed by atoms with Gasteiger partial charge in [-0.3, -0.25) is 10.1 Å². The third kappa shape index (κ3) is 2.26. The van der Waals surface area contributed by atoms with Gasteiger partial charge in [0.25, 0.3) is 0 Å². The third-order valence-corrected chi connectivity index (χ3v) is 4.06. The minimum absolute atomic E-state index is 0.0875. The Balaban J connectivity index is 1.79. The highest BCUT2D eigenvalue weighted by Gasteiger charge is 2.28. The van der Waals surface area contributed by atoms with Crippen LogP contribution in [0.5, 0.6) is 0 Å². The number of hydrogen-bond acceptors (Lipinski definition) is 4. The highest BCUT2D eigenvalue weighted by Crippen LogP contribution is 2.36. The molecular weight excluding hydrogens is 268 g/mol. The number of aryl methyl sites for hydroxylation is 2. The molecule has 0 bridgehead atoms. The summed E-state index contributed by atoms with van der Waals surface area (Å²) in [4.78, 5) is 10.9. The summed E-state index contributed by atoms with van der Waals surface area (Å²) in [6, 6.07) is 8.34. The molecule has 0 saturated carbocycles. The van der Waals surface area contributed by atoms with Gasteiger partial charge >= 0.3 is 5.69 Å². The first-order valence-corrected chi connectivity index (χ1v) is 7.15. The van der Waals surface area contributed by atoms with E-state index < -0.39 is 0 Å². The number of rotatable bonds is 5. The molecule has 1 heterocycles. The van der Waals surface area contributed by atoms with E-state index in [0.29, 0.717) is 30.5 Å². The van der Waals surface area contributed by atoms with Crippen molar-refractivity contribution in [2.24, 2.45) is 0 Å². The highest BCUT2D eigenvalue weighted by molar-refractivity contribution is 5.60. The standard InChI is InChI=1S/C15H18N4O2/c1-3-18-15(14(19(20)21)10(2)17-18)16-9-12-8-11-6-4-5-7-13(11)12/h4-7,12,16H,3,8-9H2,1-2H3. The second-order valence-electron chi connectivity index (χ2n) is 5.34. The molecule has 3 rings (SSSR count). The Morgan fingerprint density at radius 2 is 2.24 bits per heavy atom. The van der Waals surface area contributed by atoms with E-state index in [-0.39, 0.29) is 10.6 Å². The van der Waals surface area contributed by atoms with Gasteiger partial charge in [0.2, 0.25) is 5.82 Å². The van der Waals surface area contributed by atoms with Crippen molar-refractivity contribution in [2.75, 3.05) is 11.9 Å². The normalized spacial score (nSPS) is 16.2. The van der Waals surface area contributed by atoms with Crippen LogP contribution in [0, 0.1) is 17.0 Å². The van der Waals surface area contributed by atoms with Gasteiger partial charge in [-0.05, 0) is 31.4 Å². The molecule has 1 aromatic heterocycles. The fraction of sp³-hybridized carbons (Fsp3) is 0.400. The number of hydrogen-bond donors (Lipinski definition) is 1. The van der Waals surface area contributed by atoms with Crippen LogP contribution in [0.25, 0.3) is 0 Å². The van der Waals surface area contributed by atoms with E-state index in [0.717, 1.165) is 6.42 Å². The first kappa shape index (κ1) is 13.6. The van der Waals surface area contributed by atoms with Crippen LogP contribution < -0.4 is 5.32 Å². The largest absolute Gasteiger partial charge is 0.364 e. The monoisotopic (exact) mass is 286 g/mol. The highest BCUT2D eigenvalue weighted by atomic mass is 16.6. The zero-order valence-electron chi connectivity index (χ0n) is 12.2. The van der Waals surface area contributed by atoms with E-state index in [1.54, 1.807) is 11.6 Å². The molecule has 21 heavy (non-hydrogen) atoms. The molecule has 1 aliphatic carbocycles. The van der Waals surface area contributed by atoms with E-state index >= 15 is 0 Å². The minimum atomic E-state index is -0.356. The predicted molar refractivity (Wildman–Crippen MR) is 80.7 cm³/mol. The van der Waals surface area contributed by atoms with Crippen LogP contribution in [0.15, 0.2) is 24.3 Å². The van der Waals surface area contributed by atoms with Crippen molar-refractivity contribution in [3.63, 3.8) is 0 Å². The molecule has 6 heteroatoms. The van der Waals surface area contributed by atoms with Crippen LogP contribution in [0.3, 0.4) is 0 Å². The molecule has 0 radical (unpaired) electrons. The van der Waals surface area contributed by atoms with E-state index in [1.807, 2.05) is 19.1 Å². The summed E-state index contributed by atoms with van der Waals surface area (Å²) in [7, 11) is 0. The Hall–Kier alpha value is -2.37. The maximum atomic E-state index is 11.2. The van der Waals surface area contributed by atoms with Crippen molar-refractivity contribution >= 4 is 11.5 Å². The second kappa shape index (κ2) is 5.20. The van der Waals surface area contributed by atoms with Crippen LogP contribution in [-0.2, 0) is 13.0 Å². The van der Waals surface area contributed by atoms with Gasteiger partial charge in [0.05, 0.1) is 4.92 Å². The van der Waals surface area contributed by atoms with Crippen molar-refractivity contribution in [1.29, 1.82) is 0 Å². The number of nitrogens with zero attached hydrogens (tertiary/aromatic N) is 3. The fourth-order valence-corrected chi connectivity index (χ4v) is 2.96. The maximum Gasteiger partial charge on any atom is 0.333 e. The van der Waals surface area contributed by atoms with Crippen molar-refractivity contribution in [2.45, 2.75) is 32.7 Å². The summed E-state index contributed by atoms with van der Waals surface area (Å²) in [6.45, 7) is 4.91.